The van der Waals surface area contributed by atoms with E-state index < -0.39 is 0 Å². The summed E-state index contributed by atoms with van der Waals surface area (Å²) in [5.74, 6) is 2.38. The molecule has 39 heavy (non-hydrogen) atoms. The second-order valence-corrected chi connectivity index (χ2v) is 12.5. The maximum Gasteiger partial charge on any atom is 0.214 e. The first-order chi connectivity index (χ1) is 18.5. The third-order valence-electron chi connectivity index (χ3n) is 7.58. The minimum Gasteiger partial charge on any atom is -0.217 e. The molecule has 6 nitrogen and oxygen atoms in total. The van der Waals surface area contributed by atoms with Crippen LogP contribution in [-0.2, 0) is 23.9 Å². The van der Waals surface area contributed by atoms with Crippen molar-refractivity contribution in [2.24, 2.45) is 0 Å². The standard InChI is InChI=1S/C33H49N6/c1-10-13-15-19-33(8,9)31-36-29(35-30(37-31)32(5,6)7)25-18-17-24(4)27(21-25)28-26(22-34)23-38(39(28)12-3)20-16-14-11-2/h17-18,21,23H,10-16,19-20H2,1-9H3/q+1. The molecule has 0 saturated heterocycles. The van der Waals surface area contributed by atoms with Crippen molar-refractivity contribution in [2.45, 2.75) is 131 Å². The van der Waals surface area contributed by atoms with E-state index in [-0.39, 0.29) is 10.8 Å². The molecule has 0 N–H and O–H groups in total. The number of hydrogen-bond acceptors (Lipinski definition) is 4. The second kappa shape index (κ2) is 12.9. The highest BCUT2D eigenvalue weighted by Gasteiger charge is 2.29. The van der Waals surface area contributed by atoms with Crippen molar-refractivity contribution in [1.82, 2.24) is 19.6 Å². The van der Waals surface area contributed by atoms with Gasteiger partial charge in [0, 0.05) is 28.4 Å². The van der Waals surface area contributed by atoms with Crippen molar-refractivity contribution in [2.75, 3.05) is 0 Å². The minimum atomic E-state index is -0.200. The van der Waals surface area contributed by atoms with Crippen molar-refractivity contribution in [1.29, 1.82) is 5.26 Å². The number of aromatic nitrogens is 5. The topological polar surface area (TPSA) is 71.3 Å². The van der Waals surface area contributed by atoms with Crippen LogP contribution in [0.4, 0.5) is 0 Å². The fourth-order valence-corrected chi connectivity index (χ4v) is 5.05. The minimum absolute atomic E-state index is 0.144. The van der Waals surface area contributed by atoms with Crippen LogP contribution in [0.1, 0.15) is 123 Å². The number of nitrogens with zero attached hydrogens (tertiary/aromatic N) is 6. The highest BCUT2D eigenvalue weighted by molar-refractivity contribution is 5.74. The highest BCUT2D eigenvalue weighted by Crippen LogP contribution is 2.33. The molecule has 1 aromatic carbocycles. The molecular weight excluding hydrogens is 480 g/mol. The largest absolute Gasteiger partial charge is 0.217 e. The molecule has 3 rings (SSSR count). The molecule has 6 heteroatoms. The zero-order valence-corrected chi connectivity index (χ0v) is 25.9. The lowest BCUT2D eigenvalue weighted by Gasteiger charge is -2.26. The molecule has 0 aliphatic heterocycles. The molecule has 0 aliphatic carbocycles. The maximum atomic E-state index is 10.1. The average Bonchev–Trinajstić information content (AvgIpc) is 3.25. The van der Waals surface area contributed by atoms with Gasteiger partial charge in [-0.2, -0.15) is 9.94 Å². The van der Waals surface area contributed by atoms with Crippen molar-refractivity contribution in [3.05, 3.63) is 47.2 Å². The first kappa shape index (κ1) is 30.5. The molecule has 0 fully saturated rings. The van der Waals surface area contributed by atoms with E-state index in [1.54, 1.807) is 0 Å². The summed E-state index contributed by atoms with van der Waals surface area (Å²) >= 11 is 0. The van der Waals surface area contributed by atoms with Crippen LogP contribution in [0.3, 0.4) is 0 Å². The molecule has 0 amide bonds. The third-order valence-corrected chi connectivity index (χ3v) is 7.58. The van der Waals surface area contributed by atoms with E-state index in [0.29, 0.717) is 11.4 Å². The van der Waals surface area contributed by atoms with Crippen LogP contribution in [0.2, 0.25) is 0 Å². The van der Waals surface area contributed by atoms with Crippen molar-refractivity contribution >= 4 is 0 Å². The Labute approximate surface area is 236 Å². The SMILES string of the molecule is CCCCC[n+]1cc(C#N)c(-c2cc(-c3nc(C(C)(C)C)nc(C(C)(C)CCCCC)n3)ccc2C)n1CC. The molecule has 0 bridgehead atoms. The van der Waals surface area contributed by atoms with Gasteiger partial charge in [-0.3, -0.25) is 0 Å². The normalized spacial score (nSPS) is 12.1. The molecule has 0 spiro atoms. The van der Waals surface area contributed by atoms with Crippen LogP contribution in [0.15, 0.2) is 24.4 Å². The van der Waals surface area contributed by atoms with Gasteiger partial charge < -0.3 is 0 Å². The van der Waals surface area contributed by atoms with Crippen LogP contribution in [0, 0.1) is 18.3 Å². The zero-order valence-electron chi connectivity index (χ0n) is 25.9. The summed E-state index contributed by atoms with van der Waals surface area (Å²) in [6.45, 7) is 21.4. The number of nitriles is 1. The van der Waals surface area contributed by atoms with Crippen LogP contribution < -0.4 is 4.68 Å². The number of benzene rings is 1. The van der Waals surface area contributed by atoms with E-state index in [9.17, 15) is 5.26 Å². The lowest BCUT2D eigenvalue weighted by molar-refractivity contribution is -0.774. The van der Waals surface area contributed by atoms with Crippen LogP contribution in [-0.4, -0.2) is 19.6 Å². The first-order valence-corrected chi connectivity index (χ1v) is 14.9. The number of hydrogen-bond donors (Lipinski definition) is 0. The molecule has 3 aromatic rings. The predicted octanol–water partition coefficient (Wildman–Crippen LogP) is 7.84. The Kier molecular flexibility index (Phi) is 10.0. The summed E-state index contributed by atoms with van der Waals surface area (Å²) in [6.07, 6.45) is 10.1. The van der Waals surface area contributed by atoms with Gasteiger partial charge >= 0.3 is 0 Å². The van der Waals surface area contributed by atoms with Gasteiger partial charge in [0.2, 0.25) is 6.20 Å². The predicted molar refractivity (Wildman–Crippen MR) is 159 cm³/mol. The van der Waals surface area contributed by atoms with Crippen molar-refractivity contribution in [3.63, 3.8) is 0 Å². The Morgan fingerprint density at radius 3 is 2.18 bits per heavy atom. The van der Waals surface area contributed by atoms with E-state index in [1.165, 1.54) is 25.7 Å². The van der Waals surface area contributed by atoms with Gasteiger partial charge in [0.1, 0.15) is 29.0 Å². The van der Waals surface area contributed by atoms with E-state index in [2.05, 4.69) is 95.9 Å². The van der Waals surface area contributed by atoms with Gasteiger partial charge in [-0.1, -0.05) is 86.3 Å². The Morgan fingerprint density at radius 1 is 0.897 bits per heavy atom. The van der Waals surface area contributed by atoms with Gasteiger partial charge in [-0.25, -0.2) is 15.0 Å². The molecule has 2 heterocycles. The van der Waals surface area contributed by atoms with Crippen LogP contribution in [0.5, 0.6) is 0 Å². The fraction of sp³-hybridized carbons (Fsp3) is 0.606. The van der Waals surface area contributed by atoms with Gasteiger partial charge in [-0.15, -0.1) is 4.68 Å². The molecular formula is C33H49N6+. The first-order valence-electron chi connectivity index (χ1n) is 14.9. The lowest BCUT2D eigenvalue weighted by atomic mass is 9.85. The highest BCUT2D eigenvalue weighted by atomic mass is 15.4. The van der Waals surface area contributed by atoms with E-state index >= 15 is 0 Å². The number of unbranched alkanes of at least 4 members (excludes halogenated alkanes) is 4. The van der Waals surface area contributed by atoms with Crippen LogP contribution in [0.25, 0.3) is 22.6 Å². The molecule has 2 aromatic heterocycles. The monoisotopic (exact) mass is 529 g/mol. The number of aryl methyl sites for hydroxylation is 2. The van der Waals surface area contributed by atoms with E-state index in [1.807, 2.05) is 6.20 Å². The summed E-state index contributed by atoms with van der Waals surface area (Å²) in [4.78, 5) is 15.1. The Balaban J connectivity index is 2.17. The van der Waals surface area contributed by atoms with E-state index in [0.717, 1.165) is 66.4 Å². The van der Waals surface area contributed by atoms with Crippen molar-refractivity contribution in [3.8, 4) is 28.7 Å². The van der Waals surface area contributed by atoms with Gasteiger partial charge in [-0.05, 0) is 38.3 Å². The molecule has 0 saturated carbocycles. The van der Waals surface area contributed by atoms with Gasteiger partial charge in [0.25, 0.3) is 0 Å². The van der Waals surface area contributed by atoms with E-state index in [4.69, 9.17) is 15.0 Å². The van der Waals surface area contributed by atoms with Crippen molar-refractivity contribution < 1.29 is 4.68 Å². The summed E-state index contributed by atoms with van der Waals surface area (Å²) in [5.41, 5.74) is 4.48. The maximum absolute atomic E-state index is 10.1. The second-order valence-electron chi connectivity index (χ2n) is 12.5. The fourth-order valence-electron chi connectivity index (χ4n) is 5.05. The van der Waals surface area contributed by atoms with Gasteiger partial charge in [0.15, 0.2) is 12.4 Å². The Hall–Kier alpha value is -3.07. The quantitative estimate of drug-likeness (QED) is 0.177. The third kappa shape index (κ3) is 7.12. The summed E-state index contributed by atoms with van der Waals surface area (Å²) < 4.78 is 4.46. The molecule has 210 valence electrons. The molecule has 0 aliphatic rings. The Bertz CT molecular complexity index is 1300. The summed E-state index contributed by atoms with van der Waals surface area (Å²) in [7, 11) is 0. The summed E-state index contributed by atoms with van der Waals surface area (Å²) in [5, 5.41) is 10.1. The van der Waals surface area contributed by atoms with Gasteiger partial charge in [0.05, 0.1) is 6.54 Å². The zero-order chi connectivity index (χ0) is 28.8. The van der Waals surface area contributed by atoms with Crippen LogP contribution >= 0.6 is 0 Å². The smallest absolute Gasteiger partial charge is 0.214 e. The molecule has 0 radical (unpaired) electrons. The summed E-state index contributed by atoms with van der Waals surface area (Å²) in [6, 6.07) is 8.87. The molecule has 0 unspecified atom stereocenters. The average molecular weight is 530 g/mol. The number of rotatable bonds is 12. The molecule has 0 atom stereocenters. The Morgan fingerprint density at radius 2 is 1.56 bits per heavy atom. The lowest BCUT2D eigenvalue weighted by Crippen LogP contribution is -2.42.